The summed E-state index contributed by atoms with van der Waals surface area (Å²) in [5.41, 5.74) is 2.74. The Kier molecular flexibility index (Phi) is 7.37. The van der Waals surface area contributed by atoms with Crippen molar-refractivity contribution in [2.24, 2.45) is 0 Å². The van der Waals surface area contributed by atoms with Gasteiger partial charge in [0.2, 0.25) is 0 Å². The second-order valence-electron chi connectivity index (χ2n) is 7.24. The van der Waals surface area contributed by atoms with E-state index in [4.69, 9.17) is 16.3 Å². The predicted octanol–water partition coefficient (Wildman–Crippen LogP) is 4.91. The lowest BCUT2D eigenvalue weighted by molar-refractivity contribution is -0.136. The van der Waals surface area contributed by atoms with Gasteiger partial charge in [0, 0.05) is 28.6 Å². The number of hydrogen-bond acceptors (Lipinski definition) is 4. The number of rotatable bonds is 6. The number of anilines is 2. The van der Waals surface area contributed by atoms with E-state index in [0.717, 1.165) is 6.42 Å². The number of ether oxygens (including phenoxy) is 1. The van der Waals surface area contributed by atoms with Crippen LogP contribution in [-0.2, 0) is 9.53 Å². The molecule has 0 fully saturated rings. The van der Waals surface area contributed by atoms with Crippen LogP contribution in [0.2, 0.25) is 5.02 Å². The number of urea groups is 2. The van der Waals surface area contributed by atoms with Crippen LogP contribution in [0.4, 0.5) is 21.0 Å². The van der Waals surface area contributed by atoms with Gasteiger partial charge in [0.15, 0.2) is 0 Å². The first-order valence-corrected chi connectivity index (χ1v) is 10.5. The van der Waals surface area contributed by atoms with Crippen LogP contribution >= 0.6 is 11.6 Å². The monoisotopic (exact) mass is 456 g/mol. The first kappa shape index (κ1) is 23.1. The number of carbonyl (C=O) groups is 3. The maximum absolute atomic E-state index is 12.6. The van der Waals surface area contributed by atoms with Gasteiger partial charge in [-0.3, -0.25) is 4.90 Å². The van der Waals surface area contributed by atoms with E-state index >= 15 is 0 Å². The molecular weight excluding hydrogens is 432 g/mol. The van der Waals surface area contributed by atoms with Gasteiger partial charge in [-0.05, 0) is 49.2 Å². The van der Waals surface area contributed by atoms with Gasteiger partial charge in [0.25, 0.3) is 0 Å². The summed E-state index contributed by atoms with van der Waals surface area (Å²) in [6, 6.07) is 12.3. The highest BCUT2D eigenvalue weighted by Gasteiger charge is 2.35. The van der Waals surface area contributed by atoms with Crippen molar-refractivity contribution in [2.45, 2.75) is 26.3 Å². The van der Waals surface area contributed by atoms with E-state index in [1.165, 1.54) is 7.11 Å². The Hall–Kier alpha value is -3.52. The first-order valence-electron chi connectivity index (χ1n) is 10.1. The van der Waals surface area contributed by atoms with Crippen molar-refractivity contribution in [3.8, 4) is 0 Å². The zero-order valence-corrected chi connectivity index (χ0v) is 18.8. The van der Waals surface area contributed by atoms with Crippen molar-refractivity contribution in [1.29, 1.82) is 0 Å². The fourth-order valence-corrected chi connectivity index (χ4v) is 3.71. The number of carbonyl (C=O) groups excluding carboxylic acids is 3. The Balaban J connectivity index is 1.78. The summed E-state index contributed by atoms with van der Waals surface area (Å²) >= 11 is 5.93. The lowest BCUT2D eigenvalue weighted by Crippen LogP contribution is -2.48. The highest BCUT2D eigenvalue weighted by atomic mass is 35.5. The number of hydrogen-bond donors (Lipinski definition) is 3. The van der Waals surface area contributed by atoms with Gasteiger partial charge in [0.05, 0.1) is 18.7 Å². The molecule has 0 saturated heterocycles. The second kappa shape index (κ2) is 10.2. The van der Waals surface area contributed by atoms with Crippen molar-refractivity contribution in [1.82, 2.24) is 10.2 Å². The normalized spacial score (nSPS) is 15.8. The van der Waals surface area contributed by atoms with Crippen LogP contribution in [0.25, 0.3) is 0 Å². The molecule has 0 aromatic heterocycles. The molecule has 3 N–H and O–H groups in total. The molecule has 168 valence electrons. The Morgan fingerprint density at radius 2 is 1.81 bits per heavy atom. The smallest absolute Gasteiger partial charge is 0.337 e. The SMILES string of the molecule is CCCN1C(=O)N[C@H](c2ccc(NC(=O)Nc3cccc(Cl)c3)cc2)C(C(=O)OC)=C1C. The summed E-state index contributed by atoms with van der Waals surface area (Å²) in [7, 11) is 1.31. The third-order valence-corrected chi connectivity index (χ3v) is 5.27. The van der Waals surface area contributed by atoms with Gasteiger partial charge >= 0.3 is 18.0 Å². The molecule has 8 nitrogen and oxygen atoms in total. The molecule has 32 heavy (non-hydrogen) atoms. The van der Waals surface area contributed by atoms with Crippen molar-refractivity contribution < 1.29 is 19.1 Å². The van der Waals surface area contributed by atoms with E-state index in [1.807, 2.05) is 6.92 Å². The van der Waals surface area contributed by atoms with Crippen molar-refractivity contribution in [3.05, 3.63) is 70.4 Å². The minimum absolute atomic E-state index is 0.273. The van der Waals surface area contributed by atoms with Crippen LogP contribution in [0.3, 0.4) is 0 Å². The van der Waals surface area contributed by atoms with Crippen LogP contribution < -0.4 is 16.0 Å². The number of benzene rings is 2. The molecule has 1 aliphatic heterocycles. The predicted molar refractivity (Wildman–Crippen MR) is 124 cm³/mol. The van der Waals surface area contributed by atoms with E-state index in [2.05, 4.69) is 16.0 Å². The van der Waals surface area contributed by atoms with Crippen LogP contribution in [0.15, 0.2) is 59.8 Å². The number of halogens is 1. The van der Waals surface area contributed by atoms with Gasteiger partial charge in [-0.1, -0.05) is 36.7 Å². The summed E-state index contributed by atoms with van der Waals surface area (Å²) in [5.74, 6) is -0.503. The summed E-state index contributed by atoms with van der Waals surface area (Å²) in [6.07, 6.45) is 0.751. The molecule has 2 aromatic rings. The summed E-state index contributed by atoms with van der Waals surface area (Å²) in [4.78, 5) is 38.9. The summed E-state index contributed by atoms with van der Waals surface area (Å²) in [5, 5.41) is 8.83. The average molecular weight is 457 g/mol. The molecule has 0 spiro atoms. The van der Waals surface area contributed by atoms with Crippen LogP contribution in [0.5, 0.6) is 0 Å². The molecule has 0 aliphatic carbocycles. The standard InChI is InChI=1S/C23H25ClN4O4/c1-4-12-28-14(2)19(21(29)32-3)20(27-23(28)31)15-8-10-17(11-9-15)25-22(30)26-18-7-5-6-16(24)13-18/h5-11,13,20H,4,12H2,1-3H3,(H,27,31)(H2,25,26,30)/t20-/m1/s1. The number of allylic oxidation sites excluding steroid dienone is 1. The van der Waals surface area contributed by atoms with Gasteiger partial charge < -0.3 is 20.7 Å². The van der Waals surface area contributed by atoms with Gasteiger partial charge in [-0.15, -0.1) is 0 Å². The van der Waals surface area contributed by atoms with Crippen molar-refractivity contribution >= 4 is 41.0 Å². The highest BCUT2D eigenvalue weighted by molar-refractivity contribution is 6.30. The first-order chi connectivity index (χ1) is 15.3. The fraction of sp³-hybridized carbons (Fsp3) is 0.261. The third-order valence-electron chi connectivity index (χ3n) is 5.03. The van der Waals surface area contributed by atoms with Crippen LogP contribution in [0.1, 0.15) is 31.9 Å². The molecule has 0 radical (unpaired) electrons. The quantitative estimate of drug-likeness (QED) is 0.538. The molecule has 1 atom stereocenters. The third kappa shape index (κ3) is 5.20. The second-order valence-corrected chi connectivity index (χ2v) is 7.67. The average Bonchev–Trinajstić information content (AvgIpc) is 2.76. The van der Waals surface area contributed by atoms with E-state index in [0.29, 0.717) is 39.8 Å². The minimum Gasteiger partial charge on any atom is -0.466 e. The number of esters is 1. The molecule has 0 saturated carbocycles. The van der Waals surface area contributed by atoms with E-state index in [1.54, 1.807) is 60.4 Å². The lowest BCUT2D eigenvalue weighted by Gasteiger charge is -2.35. The number of amides is 4. The molecule has 1 aliphatic rings. The Labute approximate surface area is 191 Å². The largest absolute Gasteiger partial charge is 0.466 e. The van der Waals surface area contributed by atoms with Crippen molar-refractivity contribution in [3.63, 3.8) is 0 Å². The van der Waals surface area contributed by atoms with Crippen LogP contribution in [0, 0.1) is 0 Å². The Morgan fingerprint density at radius 1 is 1.12 bits per heavy atom. The molecule has 3 rings (SSSR count). The van der Waals surface area contributed by atoms with Crippen LogP contribution in [-0.4, -0.2) is 36.6 Å². The molecule has 0 unspecified atom stereocenters. The molecule has 0 bridgehead atoms. The summed E-state index contributed by atoms with van der Waals surface area (Å²) < 4.78 is 4.97. The zero-order valence-electron chi connectivity index (χ0n) is 18.1. The molecule has 9 heteroatoms. The molecular formula is C23H25ClN4O4. The number of nitrogens with zero attached hydrogens (tertiary/aromatic N) is 1. The van der Waals surface area contributed by atoms with Gasteiger partial charge in [-0.25, -0.2) is 14.4 Å². The maximum atomic E-state index is 12.6. The lowest BCUT2D eigenvalue weighted by atomic mass is 9.94. The van der Waals surface area contributed by atoms with E-state index in [-0.39, 0.29) is 6.03 Å². The summed E-state index contributed by atoms with van der Waals surface area (Å²) in [6.45, 7) is 4.19. The highest BCUT2D eigenvalue weighted by Crippen LogP contribution is 2.32. The molecule has 4 amide bonds. The molecule has 2 aromatic carbocycles. The topological polar surface area (TPSA) is 99.8 Å². The zero-order chi connectivity index (χ0) is 23.3. The fourth-order valence-electron chi connectivity index (χ4n) is 3.52. The van der Waals surface area contributed by atoms with Gasteiger partial charge in [-0.2, -0.15) is 0 Å². The van der Waals surface area contributed by atoms with Crippen molar-refractivity contribution in [2.75, 3.05) is 24.3 Å². The number of nitrogens with one attached hydrogen (secondary N) is 3. The minimum atomic E-state index is -0.655. The van der Waals surface area contributed by atoms with Gasteiger partial charge in [0.1, 0.15) is 0 Å². The Bertz CT molecular complexity index is 1050. The maximum Gasteiger partial charge on any atom is 0.337 e. The van der Waals surface area contributed by atoms with E-state index in [9.17, 15) is 14.4 Å². The molecule has 1 heterocycles. The number of methoxy groups -OCH3 is 1. The Morgan fingerprint density at radius 3 is 2.44 bits per heavy atom. The van der Waals surface area contributed by atoms with E-state index < -0.39 is 18.0 Å².